The van der Waals surface area contributed by atoms with Crippen molar-refractivity contribution in [3.63, 3.8) is 0 Å². The predicted octanol–water partition coefficient (Wildman–Crippen LogP) is 2.12. The molecule has 1 atom stereocenters. The zero-order valence-corrected chi connectivity index (χ0v) is 5.85. The Morgan fingerprint density at radius 1 is 1.75 bits per heavy atom. The topological polar surface area (TPSA) is 9.23 Å². The molecule has 0 fully saturated rings. The van der Waals surface area contributed by atoms with Gasteiger partial charge in [-0.1, -0.05) is 0 Å². The maximum atomic E-state index is 5.18. The smallest absolute Gasteiger partial charge is 0.123 e. The molecule has 0 N–H and O–H groups in total. The minimum absolute atomic E-state index is 0.778. The first-order valence-electron chi connectivity index (χ1n) is 2.69. The lowest BCUT2D eigenvalue weighted by Crippen LogP contribution is -1.87. The molecule has 0 spiro atoms. The van der Waals surface area contributed by atoms with Crippen LogP contribution in [0.25, 0.3) is 0 Å². The van der Waals surface area contributed by atoms with E-state index in [4.69, 9.17) is 4.74 Å². The van der Waals surface area contributed by atoms with E-state index in [2.05, 4.69) is 11.6 Å². The van der Waals surface area contributed by atoms with Crippen molar-refractivity contribution in [1.82, 2.24) is 0 Å². The molecular formula is C6H9OP. The second kappa shape index (κ2) is 2.78. The molecule has 0 aliphatic heterocycles. The van der Waals surface area contributed by atoms with Crippen LogP contribution in [0, 0.1) is 0 Å². The molecule has 44 valence electrons. The largest absolute Gasteiger partial charge is 0.494 e. The summed E-state index contributed by atoms with van der Waals surface area (Å²) in [4.78, 5) is 0. The van der Waals surface area contributed by atoms with Gasteiger partial charge in [0, 0.05) is 0 Å². The Labute approximate surface area is 50.8 Å². The average Bonchev–Trinajstić information content (AvgIpc) is 2.19. The van der Waals surface area contributed by atoms with Gasteiger partial charge in [0.25, 0.3) is 0 Å². The number of hydrogen-bond acceptors (Lipinski definition) is 1. The highest BCUT2D eigenvalue weighted by molar-refractivity contribution is 7.28. The van der Waals surface area contributed by atoms with Crippen LogP contribution in [-0.2, 0) is 0 Å². The summed E-state index contributed by atoms with van der Waals surface area (Å²) >= 11 is 0. The zero-order chi connectivity index (χ0) is 5.82. The van der Waals surface area contributed by atoms with Crippen molar-refractivity contribution in [2.45, 2.75) is 6.92 Å². The molecule has 1 heterocycles. The van der Waals surface area contributed by atoms with Crippen LogP contribution in [0.4, 0.5) is 0 Å². The second-order valence-electron chi connectivity index (χ2n) is 1.48. The van der Waals surface area contributed by atoms with Crippen LogP contribution in [-0.4, -0.2) is 6.61 Å². The summed E-state index contributed by atoms with van der Waals surface area (Å²) in [7, 11) is 0.831. The Kier molecular flexibility index (Phi) is 1.99. The predicted molar refractivity (Wildman–Crippen MR) is 37.1 cm³/mol. The van der Waals surface area contributed by atoms with Crippen LogP contribution in [0.1, 0.15) is 6.92 Å². The third-order valence-corrected chi connectivity index (χ3v) is 1.69. The summed E-state index contributed by atoms with van der Waals surface area (Å²) < 4.78 is 5.18. The standard InChI is InChI=1S/C6H9OP/c1-2-7-6-3-4-8-5-6/h3-5,8H,2H2,1H3. The van der Waals surface area contributed by atoms with Crippen LogP contribution >= 0.6 is 8.19 Å². The van der Waals surface area contributed by atoms with Gasteiger partial charge < -0.3 is 4.74 Å². The van der Waals surface area contributed by atoms with Crippen LogP contribution in [0.3, 0.4) is 0 Å². The molecule has 0 aliphatic rings. The first-order chi connectivity index (χ1) is 3.93. The Morgan fingerprint density at radius 3 is 3.12 bits per heavy atom. The summed E-state index contributed by atoms with van der Waals surface area (Å²) in [5.74, 6) is 5.25. The summed E-state index contributed by atoms with van der Waals surface area (Å²) in [5.41, 5.74) is 0. The van der Waals surface area contributed by atoms with E-state index < -0.39 is 0 Å². The third-order valence-electron chi connectivity index (χ3n) is 0.880. The molecule has 8 heavy (non-hydrogen) atoms. The van der Waals surface area contributed by atoms with Gasteiger partial charge >= 0.3 is 0 Å². The third kappa shape index (κ3) is 1.28. The van der Waals surface area contributed by atoms with Gasteiger partial charge in [-0.05, 0) is 24.6 Å². The monoisotopic (exact) mass is 128 g/mol. The molecule has 0 aliphatic carbocycles. The normalized spacial score (nSPS) is 10.1. The lowest BCUT2D eigenvalue weighted by molar-refractivity contribution is 0.342. The van der Waals surface area contributed by atoms with Crippen molar-refractivity contribution in [3.05, 3.63) is 17.7 Å². The summed E-state index contributed by atoms with van der Waals surface area (Å²) in [6.45, 7) is 2.77. The molecular weight excluding hydrogens is 119 g/mol. The highest BCUT2D eigenvalue weighted by Gasteiger charge is 1.85. The van der Waals surface area contributed by atoms with E-state index in [-0.39, 0.29) is 0 Å². The molecule has 1 rings (SSSR count). The van der Waals surface area contributed by atoms with Gasteiger partial charge in [-0.2, -0.15) is 0 Å². The highest BCUT2D eigenvalue weighted by Crippen LogP contribution is 2.18. The van der Waals surface area contributed by atoms with Gasteiger partial charge in [-0.25, -0.2) is 0 Å². The molecule has 0 aromatic carbocycles. The van der Waals surface area contributed by atoms with Crippen molar-refractivity contribution in [2.75, 3.05) is 6.61 Å². The molecule has 0 amide bonds. The molecule has 1 aromatic rings. The molecule has 0 bridgehead atoms. The van der Waals surface area contributed by atoms with E-state index in [1.165, 1.54) is 0 Å². The number of hydrogen-bond donors (Lipinski definition) is 0. The molecule has 0 saturated carbocycles. The van der Waals surface area contributed by atoms with E-state index >= 15 is 0 Å². The molecule has 1 aromatic heterocycles. The number of rotatable bonds is 2. The first-order valence-corrected chi connectivity index (χ1v) is 3.84. The SMILES string of the molecule is CCOc1cc[pH]c1. The van der Waals surface area contributed by atoms with Crippen molar-refractivity contribution in [2.24, 2.45) is 0 Å². The highest BCUT2D eigenvalue weighted by atomic mass is 31.0. The van der Waals surface area contributed by atoms with Gasteiger partial charge in [0.1, 0.15) is 5.75 Å². The van der Waals surface area contributed by atoms with Gasteiger partial charge in [0.15, 0.2) is 0 Å². The van der Waals surface area contributed by atoms with Gasteiger partial charge in [0.05, 0.1) is 6.61 Å². The van der Waals surface area contributed by atoms with Gasteiger partial charge in [-0.3, -0.25) is 0 Å². The van der Waals surface area contributed by atoms with Crippen LogP contribution in [0.2, 0.25) is 0 Å². The van der Waals surface area contributed by atoms with Gasteiger partial charge in [0.2, 0.25) is 0 Å². The molecule has 0 saturated heterocycles. The Balaban J connectivity index is 2.50. The maximum Gasteiger partial charge on any atom is 0.123 e. The Morgan fingerprint density at radius 2 is 2.62 bits per heavy atom. The van der Waals surface area contributed by atoms with E-state index in [1.54, 1.807) is 0 Å². The lowest BCUT2D eigenvalue weighted by Gasteiger charge is -1.94. The Hall–Kier alpha value is -0.420. The first kappa shape index (κ1) is 5.71. The van der Waals surface area contributed by atoms with Gasteiger partial charge in [-0.15, -0.1) is 8.19 Å². The van der Waals surface area contributed by atoms with Crippen molar-refractivity contribution < 1.29 is 4.74 Å². The van der Waals surface area contributed by atoms with Crippen molar-refractivity contribution in [1.29, 1.82) is 0 Å². The fraction of sp³-hybridized carbons (Fsp3) is 0.333. The Bertz CT molecular complexity index is 134. The second-order valence-corrected chi connectivity index (χ2v) is 2.44. The summed E-state index contributed by atoms with van der Waals surface area (Å²) in [6.07, 6.45) is 0. The molecule has 1 unspecified atom stereocenters. The maximum absolute atomic E-state index is 5.18. The van der Waals surface area contributed by atoms with Crippen molar-refractivity contribution >= 4 is 8.19 Å². The van der Waals surface area contributed by atoms with Crippen molar-refractivity contribution in [3.8, 4) is 5.75 Å². The lowest BCUT2D eigenvalue weighted by atomic mass is 10.6. The van der Waals surface area contributed by atoms with Crippen LogP contribution in [0.15, 0.2) is 17.7 Å². The molecule has 1 nitrogen and oxygen atoms in total. The van der Waals surface area contributed by atoms with E-state index in [0.29, 0.717) is 0 Å². The quantitative estimate of drug-likeness (QED) is 0.592. The summed E-state index contributed by atoms with van der Waals surface area (Å²) in [6, 6.07) is 2.02. The fourth-order valence-corrected chi connectivity index (χ4v) is 1.27. The fourth-order valence-electron chi connectivity index (χ4n) is 0.565. The summed E-state index contributed by atoms with van der Waals surface area (Å²) in [5, 5.41) is 0. The van der Waals surface area contributed by atoms with E-state index in [9.17, 15) is 0 Å². The number of ether oxygens (including phenoxy) is 1. The minimum atomic E-state index is 0.778. The zero-order valence-electron chi connectivity index (χ0n) is 4.85. The average molecular weight is 128 g/mol. The van der Waals surface area contributed by atoms with Crippen LogP contribution < -0.4 is 4.74 Å². The van der Waals surface area contributed by atoms with Crippen LogP contribution in [0.5, 0.6) is 5.75 Å². The van der Waals surface area contributed by atoms with E-state index in [1.807, 2.05) is 13.0 Å². The minimum Gasteiger partial charge on any atom is -0.494 e. The van der Waals surface area contributed by atoms with E-state index in [0.717, 1.165) is 20.5 Å². The molecule has 2 heteroatoms. The molecule has 0 radical (unpaired) electrons.